The van der Waals surface area contributed by atoms with Crippen LogP contribution in [0.4, 0.5) is 11.5 Å². The number of aromatic nitrogens is 4. The predicted octanol–water partition coefficient (Wildman–Crippen LogP) is 1.28. The summed E-state index contributed by atoms with van der Waals surface area (Å²) in [5, 5.41) is 15.2. The van der Waals surface area contributed by atoms with Crippen molar-refractivity contribution in [3.05, 3.63) is 34.4 Å². The molecule has 0 bridgehead atoms. The van der Waals surface area contributed by atoms with E-state index in [1.807, 2.05) is 13.8 Å². The largest absolute Gasteiger partial charge is 0.378 e. The molecule has 0 fully saturated rings. The minimum atomic E-state index is -0.518. The zero-order chi connectivity index (χ0) is 13.3. The van der Waals surface area contributed by atoms with E-state index in [2.05, 4.69) is 15.1 Å². The Bertz CT molecular complexity index is 578. The summed E-state index contributed by atoms with van der Waals surface area (Å²) in [6, 6.07) is 1.58. The highest BCUT2D eigenvalue weighted by molar-refractivity contribution is 5.60. The van der Waals surface area contributed by atoms with Crippen molar-refractivity contribution in [3.8, 4) is 5.82 Å². The fourth-order valence-corrected chi connectivity index (χ4v) is 1.60. The van der Waals surface area contributed by atoms with Crippen molar-refractivity contribution in [1.29, 1.82) is 0 Å². The van der Waals surface area contributed by atoms with Gasteiger partial charge in [-0.2, -0.15) is 9.78 Å². The molecule has 2 rings (SSSR count). The van der Waals surface area contributed by atoms with E-state index in [-0.39, 0.29) is 17.4 Å². The van der Waals surface area contributed by atoms with E-state index >= 15 is 0 Å². The van der Waals surface area contributed by atoms with Crippen LogP contribution < -0.4 is 5.73 Å². The van der Waals surface area contributed by atoms with Crippen LogP contribution in [0, 0.1) is 10.1 Å². The molecule has 2 N–H and O–H groups in total. The Kier molecular flexibility index (Phi) is 2.92. The summed E-state index contributed by atoms with van der Waals surface area (Å²) in [4.78, 5) is 18.3. The summed E-state index contributed by atoms with van der Waals surface area (Å²) >= 11 is 0. The quantitative estimate of drug-likeness (QED) is 0.646. The second-order valence-electron chi connectivity index (χ2n) is 4.01. The van der Waals surface area contributed by atoms with Crippen LogP contribution in [0.25, 0.3) is 5.82 Å². The zero-order valence-electron chi connectivity index (χ0n) is 9.94. The SMILES string of the molecule is CC(C)c1nn(-c2ccncn2)c(N)c1[N+](=O)[O-]. The summed E-state index contributed by atoms with van der Waals surface area (Å²) < 4.78 is 1.26. The van der Waals surface area contributed by atoms with Gasteiger partial charge in [0.2, 0.25) is 5.82 Å². The van der Waals surface area contributed by atoms with Gasteiger partial charge in [-0.05, 0) is 0 Å². The van der Waals surface area contributed by atoms with Crippen LogP contribution in [0.5, 0.6) is 0 Å². The standard InChI is InChI=1S/C10H12N6O2/c1-6(2)8-9(16(17)18)10(11)15(14-8)7-3-4-12-5-13-7/h3-6H,11H2,1-2H3. The third-order valence-electron chi connectivity index (χ3n) is 2.43. The number of anilines is 1. The molecule has 0 saturated heterocycles. The third kappa shape index (κ3) is 1.88. The van der Waals surface area contributed by atoms with Crippen molar-refractivity contribution in [2.75, 3.05) is 5.73 Å². The fraction of sp³-hybridized carbons (Fsp3) is 0.300. The Balaban J connectivity index is 2.64. The topological polar surface area (TPSA) is 113 Å². The molecule has 0 aliphatic rings. The maximum Gasteiger partial charge on any atom is 0.334 e. The third-order valence-corrected chi connectivity index (χ3v) is 2.43. The number of hydrogen-bond acceptors (Lipinski definition) is 6. The van der Waals surface area contributed by atoms with Gasteiger partial charge in [-0.15, -0.1) is 0 Å². The second kappa shape index (κ2) is 4.40. The van der Waals surface area contributed by atoms with Gasteiger partial charge in [0.15, 0.2) is 5.82 Å². The minimum Gasteiger partial charge on any atom is -0.378 e. The maximum atomic E-state index is 11.0. The molecule has 8 heteroatoms. The number of hydrogen-bond donors (Lipinski definition) is 1. The molecule has 0 spiro atoms. The summed E-state index contributed by atoms with van der Waals surface area (Å²) in [6.07, 6.45) is 2.85. The lowest BCUT2D eigenvalue weighted by atomic mass is 10.1. The predicted molar refractivity (Wildman–Crippen MR) is 64.3 cm³/mol. The molecular formula is C10H12N6O2. The molecule has 18 heavy (non-hydrogen) atoms. The maximum absolute atomic E-state index is 11.0. The van der Waals surface area contributed by atoms with Crippen LogP contribution in [0.1, 0.15) is 25.5 Å². The lowest BCUT2D eigenvalue weighted by molar-refractivity contribution is -0.384. The molecule has 0 unspecified atom stereocenters. The average Bonchev–Trinajstić information content (AvgIpc) is 2.68. The summed E-state index contributed by atoms with van der Waals surface area (Å²) in [6.45, 7) is 3.64. The lowest BCUT2D eigenvalue weighted by Crippen LogP contribution is -2.04. The molecular weight excluding hydrogens is 236 g/mol. The van der Waals surface area contributed by atoms with Crippen LogP contribution in [0.3, 0.4) is 0 Å². The smallest absolute Gasteiger partial charge is 0.334 e. The average molecular weight is 248 g/mol. The summed E-state index contributed by atoms with van der Waals surface area (Å²) in [5.41, 5.74) is 5.95. The Hall–Kier alpha value is -2.51. The van der Waals surface area contributed by atoms with Crippen LogP contribution in [-0.4, -0.2) is 24.7 Å². The number of nitro groups is 1. The van der Waals surface area contributed by atoms with Gasteiger partial charge in [-0.25, -0.2) is 9.97 Å². The van der Waals surface area contributed by atoms with Crippen LogP contribution >= 0.6 is 0 Å². The van der Waals surface area contributed by atoms with Crippen molar-refractivity contribution >= 4 is 11.5 Å². The fourth-order valence-electron chi connectivity index (χ4n) is 1.60. The number of nitrogens with zero attached hydrogens (tertiary/aromatic N) is 5. The van der Waals surface area contributed by atoms with Crippen molar-refractivity contribution in [2.24, 2.45) is 0 Å². The van der Waals surface area contributed by atoms with E-state index < -0.39 is 4.92 Å². The highest BCUT2D eigenvalue weighted by atomic mass is 16.6. The number of rotatable bonds is 3. The van der Waals surface area contributed by atoms with E-state index in [0.29, 0.717) is 11.5 Å². The number of nitrogen functional groups attached to an aromatic ring is 1. The monoisotopic (exact) mass is 248 g/mol. The Morgan fingerprint density at radius 3 is 2.67 bits per heavy atom. The zero-order valence-corrected chi connectivity index (χ0v) is 9.94. The molecule has 2 aromatic rings. The molecule has 2 aromatic heterocycles. The Morgan fingerprint density at radius 2 is 2.22 bits per heavy atom. The molecule has 0 saturated carbocycles. The van der Waals surface area contributed by atoms with Gasteiger partial charge < -0.3 is 5.73 Å². The first-order valence-electron chi connectivity index (χ1n) is 5.31. The lowest BCUT2D eigenvalue weighted by Gasteiger charge is -2.00. The van der Waals surface area contributed by atoms with Gasteiger partial charge >= 0.3 is 5.69 Å². The molecule has 0 atom stereocenters. The van der Waals surface area contributed by atoms with Crippen molar-refractivity contribution < 1.29 is 4.92 Å². The molecule has 2 heterocycles. The van der Waals surface area contributed by atoms with Gasteiger partial charge in [0.05, 0.1) is 4.92 Å². The molecule has 0 amide bonds. The minimum absolute atomic E-state index is 0.0256. The first kappa shape index (κ1) is 12.0. The molecule has 0 aromatic carbocycles. The van der Waals surface area contributed by atoms with E-state index in [0.717, 1.165) is 0 Å². The van der Waals surface area contributed by atoms with Gasteiger partial charge in [0, 0.05) is 18.2 Å². The van der Waals surface area contributed by atoms with Gasteiger partial charge in [-0.3, -0.25) is 10.1 Å². The van der Waals surface area contributed by atoms with Gasteiger partial charge in [0.1, 0.15) is 12.0 Å². The van der Waals surface area contributed by atoms with E-state index in [4.69, 9.17) is 5.73 Å². The first-order chi connectivity index (χ1) is 8.52. The molecule has 8 nitrogen and oxygen atoms in total. The van der Waals surface area contributed by atoms with Crippen molar-refractivity contribution in [2.45, 2.75) is 19.8 Å². The normalized spacial score (nSPS) is 10.8. The van der Waals surface area contributed by atoms with Gasteiger partial charge in [0.25, 0.3) is 0 Å². The van der Waals surface area contributed by atoms with Crippen LogP contribution in [0.15, 0.2) is 18.6 Å². The van der Waals surface area contributed by atoms with E-state index in [1.54, 1.807) is 6.07 Å². The van der Waals surface area contributed by atoms with Crippen molar-refractivity contribution in [3.63, 3.8) is 0 Å². The van der Waals surface area contributed by atoms with Gasteiger partial charge in [-0.1, -0.05) is 13.8 Å². The molecule has 0 radical (unpaired) electrons. The van der Waals surface area contributed by atoms with E-state index in [9.17, 15) is 10.1 Å². The van der Waals surface area contributed by atoms with Crippen LogP contribution in [-0.2, 0) is 0 Å². The molecule has 0 aliphatic carbocycles. The molecule has 0 aliphatic heterocycles. The van der Waals surface area contributed by atoms with E-state index in [1.165, 1.54) is 17.2 Å². The first-order valence-corrected chi connectivity index (χ1v) is 5.31. The second-order valence-corrected chi connectivity index (χ2v) is 4.01. The number of nitrogens with two attached hydrogens (primary N) is 1. The van der Waals surface area contributed by atoms with Crippen LogP contribution in [0.2, 0.25) is 0 Å². The highest BCUT2D eigenvalue weighted by Gasteiger charge is 2.28. The summed E-state index contributed by atoms with van der Waals surface area (Å²) in [7, 11) is 0. The molecule has 94 valence electrons. The summed E-state index contributed by atoms with van der Waals surface area (Å²) in [5.74, 6) is 0.274. The Labute approximate surface area is 103 Å². The van der Waals surface area contributed by atoms with Crippen molar-refractivity contribution in [1.82, 2.24) is 19.7 Å². The highest BCUT2D eigenvalue weighted by Crippen LogP contribution is 2.32. The Morgan fingerprint density at radius 1 is 1.50 bits per heavy atom.